The average Bonchev–Trinajstić information content (AvgIpc) is 2.67. The Kier molecular flexibility index (Phi) is 9.24. The number of hydrogen-bond acceptors (Lipinski definition) is 6. The molecule has 1 heterocycles. The molecule has 3 amide bonds. The highest BCUT2D eigenvalue weighted by Crippen LogP contribution is 2.52. The lowest BCUT2D eigenvalue weighted by Gasteiger charge is -2.45. The Morgan fingerprint density at radius 1 is 0.971 bits per heavy atom. The van der Waals surface area contributed by atoms with Gasteiger partial charge < -0.3 is 24.2 Å². The van der Waals surface area contributed by atoms with E-state index < -0.39 is 42.0 Å². The van der Waals surface area contributed by atoms with Crippen LogP contribution in [0.3, 0.4) is 0 Å². The van der Waals surface area contributed by atoms with Gasteiger partial charge in [-0.15, -0.1) is 0 Å². The number of carbonyl (C=O) groups excluding carboxylic acids is 3. The van der Waals surface area contributed by atoms with Gasteiger partial charge in [0.15, 0.2) is 0 Å². The SMILES string of the molecule is COc1cc(NC(=O)NCC(=O)NCC(=O)OC(C)(C)C)ncc1[Si](F)(C(C)(C)C)C(C)(C)C. The van der Waals surface area contributed by atoms with E-state index in [4.69, 9.17) is 9.47 Å². The zero-order chi connectivity index (χ0) is 26.5. The standard InChI is InChI=1S/C23H39FN4O5Si/c1-21(2,3)33-19(30)14-26-18(29)13-27-20(31)28-17-11-15(32-10)16(12-25-17)34(24,22(4,5)6)23(7,8)9/h11-12H,13-14H2,1-10H3,(H,26,29)(H2,25,27,28,31). The molecule has 192 valence electrons. The molecule has 0 saturated heterocycles. The van der Waals surface area contributed by atoms with Crippen LogP contribution in [0.5, 0.6) is 5.75 Å². The van der Waals surface area contributed by atoms with Gasteiger partial charge in [-0.05, 0) is 30.8 Å². The van der Waals surface area contributed by atoms with E-state index in [9.17, 15) is 14.4 Å². The third-order valence-corrected chi connectivity index (χ3v) is 10.3. The van der Waals surface area contributed by atoms with Gasteiger partial charge in [0.25, 0.3) is 8.41 Å². The second kappa shape index (κ2) is 10.7. The first-order valence-corrected chi connectivity index (χ1v) is 13.0. The molecule has 11 heteroatoms. The zero-order valence-electron chi connectivity index (χ0n) is 21.9. The maximum Gasteiger partial charge on any atom is 0.325 e. The van der Waals surface area contributed by atoms with Crippen molar-refractivity contribution < 1.29 is 28.0 Å². The summed E-state index contributed by atoms with van der Waals surface area (Å²) >= 11 is 0. The van der Waals surface area contributed by atoms with Gasteiger partial charge in [-0.1, -0.05) is 41.5 Å². The number of carbonyl (C=O) groups is 3. The van der Waals surface area contributed by atoms with Crippen LogP contribution in [-0.2, 0) is 14.3 Å². The van der Waals surface area contributed by atoms with Crippen LogP contribution in [-0.4, -0.2) is 57.1 Å². The highest BCUT2D eigenvalue weighted by Gasteiger charge is 2.58. The fraction of sp³-hybridized carbons (Fsp3) is 0.652. The fourth-order valence-electron chi connectivity index (χ4n) is 3.80. The van der Waals surface area contributed by atoms with Gasteiger partial charge in [-0.2, -0.15) is 0 Å². The lowest BCUT2D eigenvalue weighted by Crippen LogP contribution is -2.58. The van der Waals surface area contributed by atoms with Crippen LogP contribution >= 0.6 is 0 Å². The topological polar surface area (TPSA) is 119 Å². The van der Waals surface area contributed by atoms with E-state index in [2.05, 4.69) is 20.9 Å². The zero-order valence-corrected chi connectivity index (χ0v) is 22.9. The van der Waals surface area contributed by atoms with Crippen LogP contribution in [0.2, 0.25) is 10.1 Å². The molecule has 1 rings (SSSR count). The Hall–Kier alpha value is -2.69. The Bertz CT molecular complexity index is 890. The first-order valence-electron chi connectivity index (χ1n) is 11.1. The quantitative estimate of drug-likeness (QED) is 0.301. The summed E-state index contributed by atoms with van der Waals surface area (Å²) in [6.07, 6.45) is 1.42. The van der Waals surface area contributed by atoms with E-state index in [-0.39, 0.29) is 18.9 Å². The highest BCUT2D eigenvalue weighted by atomic mass is 28.4. The number of pyridine rings is 1. The molecule has 0 aliphatic carbocycles. The number of ether oxygens (including phenoxy) is 2. The van der Waals surface area contributed by atoms with Gasteiger partial charge in [-0.25, -0.2) is 9.78 Å². The largest absolute Gasteiger partial charge is 0.497 e. The number of aromatic nitrogens is 1. The molecular formula is C23H39FN4O5Si. The van der Waals surface area contributed by atoms with Crippen molar-refractivity contribution in [3.05, 3.63) is 12.3 Å². The van der Waals surface area contributed by atoms with Crippen molar-refractivity contribution in [3.63, 3.8) is 0 Å². The molecule has 9 nitrogen and oxygen atoms in total. The normalized spacial score (nSPS) is 12.6. The second-order valence-electron chi connectivity index (χ2n) is 11.1. The third-order valence-electron chi connectivity index (χ3n) is 5.03. The molecule has 0 atom stereocenters. The van der Waals surface area contributed by atoms with Gasteiger partial charge in [0, 0.05) is 17.4 Å². The molecule has 0 aliphatic heterocycles. The average molecular weight is 499 g/mol. The summed E-state index contributed by atoms with van der Waals surface area (Å²) in [5.74, 6) is -0.698. The number of rotatable bonds is 7. The molecule has 0 fully saturated rings. The minimum atomic E-state index is -3.63. The predicted octanol–water partition coefficient (Wildman–Crippen LogP) is 3.39. The van der Waals surface area contributed by atoms with E-state index in [0.29, 0.717) is 10.9 Å². The van der Waals surface area contributed by atoms with Crippen molar-refractivity contribution in [3.8, 4) is 5.75 Å². The van der Waals surface area contributed by atoms with Crippen LogP contribution < -0.4 is 25.9 Å². The minimum absolute atomic E-state index is 0.145. The van der Waals surface area contributed by atoms with Crippen LogP contribution in [0.4, 0.5) is 14.7 Å². The minimum Gasteiger partial charge on any atom is -0.497 e. The first kappa shape index (κ1) is 29.3. The van der Waals surface area contributed by atoms with Gasteiger partial charge in [0.05, 0.1) is 13.7 Å². The molecule has 1 aromatic heterocycles. The number of halogens is 1. The second-order valence-corrected chi connectivity index (χ2v) is 16.0. The maximum absolute atomic E-state index is 16.7. The van der Waals surface area contributed by atoms with E-state index in [0.717, 1.165) is 0 Å². The molecule has 0 aliphatic rings. The highest BCUT2D eigenvalue weighted by molar-refractivity contribution is 6.91. The third kappa shape index (κ3) is 7.68. The number of anilines is 1. The van der Waals surface area contributed by atoms with E-state index >= 15 is 4.11 Å². The van der Waals surface area contributed by atoms with Crippen molar-refractivity contribution in [1.82, 2.24) is 15.6 Å². The van der Waals surface area contributed by atoms with E-state index in [1.807, 2.05) is 41.5 Å². The molecule has 0 aromatic carbocycles. The number of hydrogen-bond donors (Lipinski definition) is 3. The Morgan fingerprint density at radius 2 is 1.53 bits per heavy atom. The Morgan fingerprint density at radius 3 is 2.00 bits per heavy atom. The monoisotopic (exact) mass is 498 g/mol. The van der Waals surface area contributed by atoms with Crippen molar-refractivity contribution in [2.24, 2.45) is 0 Å². The molecular weight excluding hydrogens is 459 g/mol. The van der Waals surface area contributed by atoms with Crippen molar-refractivity contribution in [1.29, 1.82) is 0 Å². The summed E-state index contributed by atoms with van der Waals surface area (Å²) in [4.78, 5) is 39.9. The molecule has 34 heavy (non-hydrogen) atoms. The van der Waals surface area contributed by atoms with Crippen molar-refractivity contribution >= 4 is 37.3 Å². The van der Waals surface area contributed by atoms with Gasteiger partial charge in [-0.3, -0.25) is 14.9 Å². The van der Waals surface area contributed by atoms with E-state index in [1.165, 1.54) is 19.4 Å². The van der Waals surface area contributed by atoms with Crippen LogP contribution in [0.25, 0.3) is 0 Å². The summed E-state index contributed by atoms with van der Waals surface area (Å²) in [7, 11) is -2.19. The molecule has 0 bridgehead atoms. The van der Waals surface area contributed by atoms with Crippen LogP contribution in [0.15, 0.2) is 12.3 Å². The number of methoxy groups -OCH3 is 1. The summed E-state index contributed by atoms with van der Waals surface area (Å²) in [6, 6.07) is 0.779. The summed E-state index contributed by atoms with van der Waals surface area (Å²) in [5, 5.41) is 6.41. The van der Waals surface area contributed by atoms with Crippen molar-refractivity contribution in [2.45, 2.75) is 78.0 Å². The Balaban J connectivity index is 2.84. The molecule has 3 N–H and O–H groups in total. The number of amides is 3. The van der Waals surface area contributed by atoms with E-state index in [1.54, 1.807) is 20.8 Å². The smallest absolute Gasteiger partial charge is 0.325 e. The molecule has 0 saturated carbocycles. The van der Waals surface area contributed by atoms with Crippen LogP contribution in [0.1, 0.15) is 62.3 Å². The molecule has 0 unspecified atom stereocenters. The number of esters is 1. The number of nitrogens with one attached hydrogen (secondary N) is 3. The molecule has 1 aromatic rings. The van der Waals surface area contributed by atoms with Gasteiger partial charge in [0.2, 0.25) is 5.91 Å². The van der Waals surface area contributed by atoms with Crippen molar-refractivity contribution in [2.75, 3.05) is 25.5 Å². The lowest BCUT2D eigenvalue weighted by atomic mass is 10.2. The fourth-order valence-corrected chi connectivity index (χ4v) is 8.42. The summed E-state index contributed by atoms with van der Waals surface area (Å²) < 4.78 is 27.2. The van der Waals surface area contributed by atoms with Gasteiger partial charge in [0.1, 0.15) is 23.7 Å². The maximum atomic E-state index is 16.7. The Labute approximate surface area is 202 Å². The van der Waals surface area contributed by atoms with Crippen LogP contribution in [0, 0.1) is 0 Å². The van der Waals surface area contributed by atoms with Gasteiger partial charge >= 0.3 is 12.0 Å². The number of urea groups is 1. The number of nitrogens with zero attached hydrogens (tertiary/aromatic N) is 1. The molecule has 0 radical (unpaired) electrons. The molecule has 0 spiro atoms. The summed E-state index contributed by atoms with van der Waals surface area (Å²) in [6.45, 7) is 15.7. The summed E-state index contributed by atoms with van der Waals surface area (Å²) in [5.41, 5.74) is -0.659. The first-order chi connectivity index (χ1) is 15.3. The predicted molar refractivity (Wildman–Crippen MR) is 133 cm³/mol. The lowest BCUT2D eigenvalue weighted by molar-refractivity contribution is -0.154.